The highest BCUT2D eigenvalue weighted by atomic mass is 28.4. The van der Waals surface area contributed by atoms with E-state index < -0.39 is 16.6 Å². The van der Waals surface area contributed by atoms with E-state index in [9.17, 15) is 0 Å². The average molecular weight is 393 g/mol. The van der Waals surface area contributed by atoms with Gasteiger partial charge in [-0.3, -0.25) is 0 Å². The molecule has 0 aromatic heterocycles. The van der Waals surface area contributed by atoms with Crippen molar-refractivity contribution in [3.8, 4) is 11.5 Å². The molecule has 1 aromatic rings. The first-order valence-corrected chi connectivity index (χ1v) is 15.3. The van der Waals surface area contributed by atoms with Crippen molar-refractivity contribution in [3.63, 3.8) is 0 Å². The molecular formula is C21H36O3Si2. The summed E-state index contributed by atoms with van der Waals surface area (Å²) in [5.41, 5.74) is 1.05. The molecule has 1 unspecified atom stereocenters. The van der Waals surface area contributed by atoms with Crippen molar-refractivity contribution in [1.29, 1.82) is 0 Å². The lowest BCUT2D eigenvalue weighted by molar-refractivity contribution is 0.0318. The molecule has 0 fully saturated rings. The van der Waals surface area contributed by atoms with Crippen molar-refractivity contribution in [3.05, 3.63) is 29.8 Å². The van der Waals surface area contributed by atoms with Crippen LogP contribution in [-0.4, -0.2) is 22.9 Å². The zero-order chi connectivity index (χ0) is 20.0. The third-order valence-electron chi connectivity index (χ3n) is 6.06. The number of para-hydroxylation sites is 1. The minimum absolute atomic E-state index is 0.136. The second-order valence-corrected chi connectivity index (χ2v) is 19.7. The SMILES string of the molecule is CC(C)(C)[Si](C)(C)Oc1cccc2c1OC(O[Si](C)(C)C(C)(C)C)C=C2. The molecule has 1 heterocycles. The Morgan fingerprint density at radius 3 is 2.00 bits per heavy atom. The largest absolute Gasteiger partial charge is 0.541 e. The summed E-state index contributed by atoms with van der Waals surface area (Å²) < 4.78 is 19.3. The van der Waals surface area contributed by atoms with E-state index in [4.69, 9.17) is 13.6 Å². The van der Waals surface area contributed by atoms with Gasteiger partial charge in [0.2, 0.25) is 6.29 Å². The third-order valence-corrected chi connectivity index (χ3v) is 14.8. The van der Waals surface area contributed by atoms with Crippen LogP contribution < -0.4 is 9.16 Å². The summed E-state index contributed by atoms with van der Waals surface area (Å²) in [5, 5.41) is 0.277. The Morgan fingerprint density at radius 1 is 0.885 bits per heavy atom. The Kier molecular flexibility index (Phi) is 5.59. The Bertz CT molecular complexity index is 679. The Balaban J connectivity index is 2.28. The Hall–Kier alpha value is -1.05. The van der Waals surface area contributed by atoms with Crippen LogP contribution in [0.2, 0.25) is 36.3 Å². The molecule has 0 amide bonds. The maximum Gasteiger partial charge on any atom is 0.250 e. The maximum atomic E-state index is 6.55. The molecule has 1 aliphatic heterocycles. The molecule has 0 saturated carbocycles. The van der Waals surface area contributed by atoms with Gasteiger partial charge in [-0.2, -0.15) is 0 Å². The van der Waals surface area contributed by atoms with E-state index in [1.54, 1.807) is 0 Å². The van der Waals surface area contributed by atoms with Crippen molar-refractivity contribution in [2.24, 2.45) is 0 Å². The van der Waals surface area contributed by atoms with Crippen LogP contribution in [0.3, 0.4) is 0 Å². The maximum absolute atomic E-state index is 6.55. The summed E-state index contributed by atoms with van der Waals surface area (Å²) in [6.45, 7) is 22.5. The zero-order valence-corrected chi connectivity index (χ0v) is 20.2. The van der Waals surface area contributed by atoms with Gasteiger partial charge < -0.3 is 13.6 Å². The van der Waals surface area contributed by atoms with Crippen LogP contribution in [0.5, 0.6) is 11.5 Å². The minimum atomic E-state index is -1.94. The standard InChI is InChI=1S/C21H36O3Si2/c1-20(2,3)25(7,8)23-17-13-11-12-16-14-15-18(22-19(16)17)24-26(9,10)21(4,5)6/h11-15,18H,1-10H3. The Labute approximate surface area is 162 Å². The monoisotopic (exact) mass is 392 g/mol. The first kappa shape index (κ1) is 21.3. The smallest absolute Gasteiger partial charge is 0.250 e. The summed E-state index contributed by atoms with van der Waals surface area (Å²) in [4.78, 5) is 0. The molecule has 5 heteroatoms. The fourth-order valence-corrected chi connectivity index (χ4v) is 4.24. The van der Waals surface area contributed by atoms with Gasteiger partial charge in [0.1, 0.15) is 5.75 Å². The van der Waals surface area contributed by atoms with Crippen LogP contribution in [0.1, 0.15) is 47.1 Å². The van der Waals surface area contributed by atoms with Crippen molar-refractivity contribution < 1.29 is 13.6 Å². The lowest BCUT2D eigenvalue weighted by Gasteiger charge is -2.40. The van der Waals surface area contributed by atoms with E-state index in [1.807, 2.05) is 18.2 Å². The van der Waals surface area contributed by atoms with Crippen molar-refractivity contribution in [2.75, 3.05) is 0 Å². The predicted octanol–water partition coefficient (Wildman–Crippen LogP) is 6.82. The molecule has 1 atom stereocenters. The predicted molar refractivity (Wildman–Crippen MR) is 116 cm³/mol. The third kappa shape index (κ3) is 4.43. The summed E-state index contributed by atoms with van der Waals surface area (Å²) in [6, 6.07) is 6.11. The molecule has 0 bridgehead atoms. The van der Waals surface area contributed by atoms with Gasteiger partial charge >= 0.3 is 0 Å². The van der Waals surface area contributed by atoms with Gasteiger partial charge in [0.05, 0.1) is 0 Å². The molecule has 26 heavy (non-hydrogen) atoms. The summed E-state index contributed by atoms with van der Waals surface area (Å²) in [6.07, 6.45) is 3.75. The van der Waals surface area contributed by atoms with Gasteiger partial charge in [-0.15, -0.1) is 0 Å². The topological polar surface area (TPSA) is 27.7 Å². The average Bonchev–Trinajstić information content (AvgIpc) is 2.45. The van der Waals surface area contributed by atoms with Gasteiger partial charge in [0.25, 0.3) is 8.32 Å². The molecule has 1 aromatic carbocycles. The molecule has 0 radical (unpaired) electrons. The van der Waals surface area contributed by atoms with Gasteiger partial charge in [-0.25, -0.2) is 0 Å². The lowest BCUT2D eigenvalue weighted by atomic mass is 10.1. The normalized spacial score (nSPS) is 18.3. The lowest BCUT2D eigenvalue weighted by Crippen LogP contribution is -2.45. The molecule has 2 rings (SSSR count). The first-order valence-electron chi connectivity index (χ1n) is 9.49. The molecule has 0 spiro atoms. The number of benzene rings is 1. The molecule has 0 N–H and O–H groups in total. The first-order chi connectivity index (χ1) is 11.6. The van der Waals surface area contributed by atoms with Gasteiger partial charge in [-0.05, 0) is 54.5 Å². The van der Waals surface area contributed by atoms with E-state index in [-0.39, 0.29) is 16.4 Å². The van der Waals surface area contributed by atoms with Gasteiger partial charge in [0.15, 0.2) is 14.1 Å². The fraction of sp³-hybridized carbons (Fsp3) is 0.619. The molecule has 0 saturated heterocycles. The van der Waals surface area contributed by atoms with E-state index in [0.29, 0.717) is 0 Å². The van der Waals surface area contributed by atoms with Crippen LogP contribution in [0.15, 0.2) is 24.3 Å². The second-order valence-electron chi connectivity index (χ2n) is 10.3. The van der Waals surface area contributed by atoms with Crippen LogP contribution >= 0.6 is 0 Å². The number of rotatable bonds is 4. The van der Waals surface area contributed by atoms with Crippen LogP contribution in [-0.2, 0) is 4.43 Å². The van der Waals surface area contributed by atoms with Crippen molar-refractivity contribution in [2.45, 2.75) is 84.1 Å². The van der Waals surface area contributed by atoms with Crippen LogP contribution in [0.25, 0.3) is 6.08 Å². The van der Waals surface area contributed by atoms with E-state index in [0.717, 1.165) is 17.1 Å². The number of fused-ring (bicyclic) bond motifs is 1. The number of hydrogen-bond acceptors (Lipinski definition) is 3. The molecular weight excluding hydrogens is 356 g/mol. The van der Waals surface area contributed by atoms with Crippen molar-refractivity contribution in [1.82, 2.24) is 0 Å². The highest BCUT2D eigenvalue weighted by Gasteiger charge is 2.41. The second kappa shape index (κ2) is 6.84. The molecule has 1 aliphatic rings. The number of ether oxygens (including phenoxy) is 1. The highest BCUT2D eigenvalue weighted by molar-refractivity contribution is 6.75. The molecule has 3 nitrogen and oxygen atoms in total. The van der Waals surface area contributed by atoms with Gasteiger partial charge in [0, 0.05) is 5.56 Å². The Morgan fingerprint density at radius 2 is 1.46 bits per heavy atom. The summed E-state index contributed by atoms with van der Waals surface area (Å²) in [5.74, 6) is 1.64. The summed E-state index contributed by atoms with van der Waals surface area (Å²) in [7, 11) is -3.86. The summed E-state index contributed by atoms with van der Waals surface area (Å²) >= 11 is 0. The van der Waals surface area contributed by atoms with E-state index >= 15 is 0 Å². The van der Waals surface area contributed by atoms with Gasteiger partial charge in [-0.1, -0.05) is 53.7 Å². The van der Waals surface area contributed by atoms with Crippen LogP contribution in [0, 0.1) is 0 Å². The molecule has 146 valence electrons. The molecule has 0 aliphatic carbocycles. The number of hydrogen-bond donors (Lipinski definition) is 0. The van der Waals surface area contributed by atoms with E-state index in [2.05, 4.69) is 79.9 Å². The minimum Gasteiger partial charge on any atom is -0.541 e. The fourth-order valence-electron chi connectivity index (χ4n) is 2.17. The van der Waals surface area contributed by atoms with Crippen LogP contribution in [0.4, 0.5) is 0 Å². The highest BCUT2D eigenvalue weighted by Crippen LogP contribution is 2.44. The van der Waals surface area contributed by atoms with Crippen molar-refractivity contribution >= 4 is 22.7 Å². The zero-order valence-electron chi connectivity index (χ0n) is 18.2. The quantitative estimate of drug-likeness (QED) is 0.526. The van der Waals surface area contributed by atoms with E-state index in [1.165, 1.54) is 0 Å².